The van der Waals surface area contributed by atoms with Crippen LogP contribution in [0.4, 0.5) is 0 Å². The predicted octanol–water partition coefficient (Wildman–Crippen LogP) is 2.51. The maximum atomic E-state index is 10.6. The van der Waals surface area contributed by atoms with Crippen molar-refractivity contribution < 1.29 is 9.90 Å². The molecule has 1 rings (SSSR count). The van der Waals surface area contributed by atoms with Crippen LogP contribution >= 0.6 is 15.9 Å². The highest BCUT2D eigenvalue weighted by molar-refractivity contribution is 9.10. The predicted molar refractivity (Wildman–Crippen MR) is 59.6 cm³/mol. The van der Waals surface area contributed by atoms with E-state index in [4.69, 9.17) is 10.4 Å². The molecule has 0 radical (unpaired) electrons. The molecule has 1 aromatic rings. The lowest BCUT2D eigenvalue weighted by molar-refractivity contribution is -0.136. The van der Waals surface area contributed by atoms with E-state index in [-0.39, 0.29) is 6.42 Å². The maximum absolute atomic E-state index is 10.6. The zero-order chi connectivity index (χ0) is 11.4. The summed E-state index contributed by atoms with van der Waals surface area (Å²) in [5.74, 6) is -0.883. The van der Waals surface area contributed by atoms with Gasteiger partial charge in [0.05, 0.1) is 18.1 Å². The van der Waals surface area contributed by atoms with Crippen LogP contribution < -0.4 is 0 Å². The highest BCUT2D eigenvalue weighted by Crippen LogP contribution is 2.22. The lowest BCUT2D eigenvalue weighted by Gasteiger charge is -2.08. The Morgan fingerprint density at radius 2 is 2.27 bits per heavy atom. The molecule has 3 nitrogen and oxygen atoms in total. The van der Waals surface area contributed by atoms with E-state index in [0.29, 0.717) is 17.5 Å². The number of nitrogens with zero attached hydrogens (tertiary/aromatic N) is 1. The van der Waals surface area contributed by atoms with Gasteiger partial charge in [-0.3, -0.25) is 4.79 Å². The highest BCUT2D eigenvalue weighted by Gasteiger charge is 2.11. The molecule has 0 aliphatic carbocycles. The molecule has 15 heavy (non-hydrogen) atoms. The fourth-order valence-electron chi connectivity index (χ4n) is 1.53. The standard InChI is InChI=1S/C11H10BrNO2/c1-2-10-7(5-11(14)15)3-9(12)4-8(10)6-13/h3-4H,2,5H2,1H3,(H,14,15). The van der Waals surface area contributed by atoms with Gasteiger partial charge in [-0.25, -0.2) is 0 Å². The molecule has 78 valence electrons. The summed E-state index contributed by atoms with van der Waals surface area (Å²) in [6.07, 6.45) is 0.621. The molecular weight excluding hydrogens is 258 g/mol. The van der Waals surface area contributed by atoms with Crippen molar-refractivity contribution >= 4 is 21.9 Å². The van der Waals surface area contributed by atoms with Gasteiger partial charge in [0.1, 0.15) is 0 Å². The molecule has 4 heteroatoms. The molecule has 0 saturated heterocycles. The van der Waals surface area contributed by atoms with Gasteiger partial charge in [0.15, 0.2) is 0 Å². The summed E-state index contributed by atoms with van der Waals surface area (Å²) in [4.78, 5) is 10.6. The van der Waals surface area contributed by atoms with Crippen LogP contribution in [0.5, 0.6) is 0 Å². The minimum absolute atomic E-state index is 0.0444. The van der Waals surface area contributed by atoms with Crippen molar-refractivity contribution in [1.82, 2.24) is 0 Å². The summed E-state index contributed by atoms with van der Waals surface area (Å²) < 4.78 is 0.743. The largest absolute Gasteiger partial charge is 0.481 e. The fraction of sp³-hybridized carbons (Fsp3) is 0.273. The van der Waals surface area contributed by atoms with Gasteiger partial charge in [-0.15, -0.1) is 0 Å². The van der Waals surface area contributed by atoms with Crippen LogP contribution in [0.2, 0.25) is 0 Å². The van der Waals surface area contributed by atoms with Gasteiger partial charge in [0.2, 0.25) is 0 Å². The molecule has 0 aliphatic rings. The number of carbonyl (C=O) groups is 1. The smallest absolute Gasteiger partial charge is 0.307 e. The van der Waals surface area contributed by atoms with Crippen molar-refractivity contribution in [3.05, 3.63) is 33.3 Å². The number of hydrogen-bond acceptors (Lipinski definition) is 2. The van der Waals surface area contributed by atoms with Crippen LogP contribution in [0.1, 0.15) is 23.6 Å². The van der Waals surface area contributed by atoms with E-state index in [1.165, 1.54) is 0 Å². The lowest BCUT2D eigenvalue weighted by Crippen LogP contribution is -2.05. The highest BCUT2D eigenvalue weighted by atomic mass is 79.9. The third-order valence-corrected chi connectivity index (χ3v) is 2.58. The van der Waals surface area contributed by atoms with Crippen LogP contribution in [-0.2, 0) is 17.6 Å². The minimum Gasteiger partial charge on any atom is -0.481 e. The van der Waals surface area contributed by atoms with Crippen molar-refractivity contribution in [3.8, 4) is 6.07 Å². The molecule has 0 heterocycles. The first-order chi connectivity index (χ1) is 7.08. The second kappa shape index (κ2) is 4.94. The third-order valence-electron chi connectivity index (χ3n) is 2.12. The van der Waals surface area contributed by atoms with Crippen molar-refractivity contribution in [2.75, 3.05) is 0 Å². The molecule has 0 amide bonds. The van der Waals surface area contributed by atoms with E-state index in [1.54, 1.807) is 12.1 Å². The van der Waals surface area contributed by atoms with Gasteiger partial charge in [0, 0.05) is 4.47 Å². The Labute approximate surface area is 96.5 Å². The average Bonchev–Trinajstić information content (AvgIpc) is 2.15. The average molecular weight is 268 g/mol. The molecule has 0 aliphatic heterocycles. The van der Waals surface area contributed by atoms with Gasteiger partial charge in [0.25, 0.3) is 0 Å². The Balaban J connectivity index is 3.30. The van der Waals surface area contributed by atoms with Crippen molar-refractivity contribution in [3.63, 3.8) is 0 Å². The van der Waals surface area contributed by atoms with Gasteiger partial charge in [-0.1, -0.05) is 22.9 Å². The Bertz CT molecular complexity index is 435. The lowest BCUT2D eigenvalue weighted by atomic mass is 9.97. The van der Waals surface area contributed by atoms with Crippen molar-refractivity contribution in [2.45, 2.75) is 19.8 Å². The van der Waals surface area contributed by atoms with Crippen molar-refractivity contribution in [1.29, 1.82) is 5.26 Å². The van der Waals surface area contributed by atoms with Gasteiger partial charge < -0.3 is 5.11 Å². The van der Waals surface area contributed by atoms with Crippen LogP contribution in [-0.4, -0.2) is 11.1 Å². The summed E-state index contributed by atoms with van der Waals surface area (Å²) in [6.45, 7) is 1.91. The number of benzene rings is 1. The van der Waals surface area contributed by atoms with Crippen LogP contribution in [0.15, 0.2) is 16.6 Å². The topological polar surface area (TPSA) is 61.1 Å². The second-order valence-electron chi connectivity index (χ2n) is 3.13. The Kier molecular flexibility index (Phi) is 3.87. The van der Waals surface area contributed by atoms with E-state index in [2.05, 4.69) is 22.0 Å². The first kappa shape index (κ1) is 11.7. The summed E-state index contributed by atoms with van der Waals surface area (Å²) in [7, 11) is 0. The first-order valence-electron chi connectivity index (χ1n) is 4.51. The summed E-state index contributed by atoms with van der Waals surface area (Å²) in [6, 6.07) is 5.55. The van der Waals surface area contributed by atoms with Crippen LogP contribution in [0, 0.1) is 11.3 Å². The van der Waals surface area contributed by atoms with E-state index < -0.39 is 5.97 Å². The van der Waals surface area contributed by atoms with E-state index in [1.807, 2.05) is 6.92 Å². The van der Waals surface area contributed by atoms with E-state index in [9.17, 15) is 4.79 Å². The zero-order valence-electron chi connectivity index (χ0n) is 8.25. The maximum Gasteiger partial charge on any atom is 0.307 e. The summed E-state index contributed by atoms with van der Waals surface area (Å²) in [5, 5.41) is 17.7. The summed E-state index contributed by atoms with van der Waals surface area (Å²) >= 11 is 3.26. The van der Waals surface area contributed by atoms with Gasteiger partial charge in [-0.2, -0.15) is 5.26 Å². The Morgan fingerprint density at radius 3 is 2.73 bits per heavy atom. The van der Waals surface area contributed by atoms with E-state index in [0.717, 1.165) is 10.0 Å². The van der Waals surface area contributed by atoms with E-state index >= 15 is 0 Å². The number of carboxylic acids is 1. The normalized spacial score (nSPS) is 9.67. The molecule has 0 saturated carbocycles. The molecule has 0 bridgehead atoms. The molecule has 0 spiro atoms. The monoisotopic (exact) mass is 267 g/mol. The fourth-order valence-corrected chi connectivity index (χ4v) is 2.04. The molecule has 0 unspecified atom stereocenters. The SMILES string of the molecule is CCc1c(C#N)cc(Br)cc1CC(=O)O. The Morgan fingerprint density at radius 1 is 1.60 bits per heavy atom. The second-order valence-corrected chi connectivity index (χ2v) is 4.04. The number of aliphatic carboxylic acids is 1. The number of nitriles is 1. The number of rotatable bonds is 3. The number of hydrogen-bond donors (Lipinski definition) is 1. The third kappa shape index (κ3) is 2.80. The molecule has 0 fully saturated rings. The first-order valence-corrected chi connectivity index (χ1v) is 5.31. The molecule has 0 atom stereocenters. The number of halogens is 1. The molecule has 1 aromatic carbocycles. The Hall–Kier alpha value is -1.34. The van der Waals surface area contributed by atoms with Crippen molar-refractivity contribution in [2.24, 2.45) is 0 Å². The van der Waals surface area contributed by atoms with Crippen LogP contribution in [0.25, 0.3) is 0 Å². The van der Waals surface area contributed by atoms with Crippen LogP contribution in [0.3, 0.4) is 0 Å². The quantitative estimate of drug-likeness (QED) is 0.916. The minimum atomic E-state index is -0.883. The number of carboxylic acid groups (broad SMARTS) is 1. The van der Waals surface area contributed by atoms with Gasteiger partial charge in [-0.05, 0) is 29.7 Å². The van der Waals surface area contributed by atoms with Gasteiger partial charge >= 0.3 is 5.97 Å². The zero-order valence-corrected chi connectivity index (χ0v) is 9.84. The molecular formula is C11H10BrNO2. The molecule has 1 N–H and O–H groups in total. The summed E-state index contributed by atoms with van der Waals surface area (Å²) in [5.41, 5.74) is 2.07. The molecule has 0 aromatic heterocycles.